The summed E-state index contributed by atoms with van der Waals surface area (Å²) in [6, 6.07) is 8.11. The topological polar surface area (TPSA) is 58.2 Å². The lowest BCUT2D eigenvalue weighted by Gasteiger charge is -2.02. The van der Waals surface area contributed by atoms with Gasteiger partial charge >= 0.3 is 0 Å². The van der Waals surface area contributed by atoms with Gasteiger partial charge in [0.2, 0.25) is 11.3 Å². The minimum absolute atomic E-state index is 0.168. The summed E-state index contributed by atoms with van der Waals surface area (Å²) in [6.07, 6.45) is 0. The fraction of sp³-hybridized carbons (Fsp3) is 0.111. The summed E-state index contributed by atoms with van der Waals surface area (Å²) in [5, 5.41) is 0. The molecule has 13 heavy (non-hydrogen) atoms. The molecule has 0 heterocycles. The zero-order valence-electron chi connectivity index (χ0n) is 7.20. The van der Waals surface area contributed by atoms with Crippen LogP contribution < -0.4 is 16.3 Å². The molecule has 4 nitrogen and oxygen atoms in total. The van der Waals surface area contributed by atoms with Crippen molar-refractivity contribution in [2.75, 3.05) is 5.43 Å². The number of hydrazine groups is 1. The molecule has 0 atom stereocenters. The molecule has 4 heteroatoms. The van der Waals surface area contributed by atoms with Gasteiger partial charge in [-0.25, -0.2) is 0 Å². The van der Waals surface area contributed by atoms with Gasteiger partial charge in [0.25, 0.3) is 0 Å². The molecule has 0 aliphatic heterocycles. The summed E-state index contributed by atoms with van der Waals surface area (Å²) < 4.78 is 0. The average Bonchev–Trinajstić information content (AvgIpc) is 2.27. The largest absolute Gasteiger partial charge is 0.295 e. The number of hydrogen-bond donors (Lipinski definition) is 2. The van der Waals surface area contributed by atoms with Crippen LogP contribution in [-0.4, -0.2) is 5.91 Å². The van der Waals surface area contributed by atoms with E-state index in [0.717, 1.165) is 0 Å². The van der Waals surface area contributed by atoms with Gasteiger partial charge in [-0.3, -0.25) is 20.4 Å². The molecule has 68 valence electrons. The van der Waals surface area contributed by atoms with Gasteiger partial charge in [0.05, 0.1) is 0 Å². The highest BCUT2D eigenvalue weighted by Crippen LogP contribution is 1.93. The molecule has 0 fully saturated rings. The molecule has 0 bridgehead atoms. The van der Waals surface area contributed by atoms with Gasteiger partial charge in [-0.15, -0.1) is 0 Å². The Bertz CT molecular complexity index is 363. The Morgan fingerprint density at radius 1 is 1.23 bits per heavy atom. The van der Waals surface area contributed by atoms with Crippen LogP contribution in [0.15, 0.2) is 35.1 Å². The molecule has 2 N–H and O–H groups in total. The molecule has 0 aliphatic rings. The third kappa shape index (κ3) is 2.94. The molecule has 0 saturated heterocycles. The van der Waals surface area contributed by atoms with E-state index < -0.39 is 0 Å². The second-order valence-electron chi connectivity index (χ2n) is 2.49. The Morgan fingerprint density at radius 3 is 2.62 bits per heavy atom. The summed E-state index contributed by atoms with van der Waals surface area (Å²) in [5.41, 5.74) is 5.03. The maximum atomic E-state index is 11.2. The van der Waals surface area contributed by atoms with E-state index in [4.69, 9.17) is 0 Å². The molecule has 1 aromatic rings. The molecule has 1 amide bonds. The van der Waals surface area contributed by atoms with Crippen LogP contribution in [0.1, 0.15) is 6.92 Å². The van der Waals surface area contributed by atoms with Crippen LogP contribution in [0, 0.1) is 0 Å². The number of anilines is 1. The number of nitrogens with one attached hydrogen (secondary N) is 2. The van der Waals surface area contributed by atoms with Crippen LogP contribution >= 0.6 is 0 Å². The van der Waals surface area contributed by atoms with E-state index in [2.05, 4.69) is 10.9 Å². The monoisotopic (exact) mass is 178 g/mol. The Balaban J connectivity index is 2.84. The highest BCUT2D eigenvalue weighted by atomic mass is 16.2. The molecule has 0 unspecified atom stereocenters. The van der Waals surface area contributed by atoms with Crippen molar-refractivity contribution in [2.24, 2.45) is 0 Å². The van der Waals surface area contributed by atoms with E-state index in [1.807, 2.05) is 0 Å². The van der Waals surface area contributed by atoms with Crippen LogP contribution in [0.3, 0.4) is 0 Å². The Morgan fingerprint density at radius 2 is 1.92 bits per heavy atom. The Labute approximate surface area is 75.6 Å². The molecule has 1 aromatic carbocycles. The molecule has 1 rings (SSSR count). The van der Waals surface area contributed by atoms with Gasteiger partial charge in [-0.1, -0.05) is 18.2 Å². The van der Waals surface area contributed by atoms with Crippen LogP contribution in [0.5, 0.6) is 0 Å². The third-order valence-electron chi connectivity index (χ3n) is 1.37. The van der Waals surface area contributed by atoms with Crippen molar-refractivity contribution in [1.82, 2.24) is 5.43 Å². The maximum Gasteiger partial charge on any atom is 0.235 e. The van der Waals surface area contributed by atoms with E-state index >= 15 is 0 Å². The van der Waals surface area contributed by atoms with Crippen LogP contribution in [0.25, 0.3) is 0 Å². The number of amides is 1. The molecule has 0 aromatic heterocycles. The van der Waals surface area contributed by atoms with Gasteiger partial charge in [0, 0.05) is 6.92 Å². The summed E-state index contributed by atoms with van der Waals surface area (Å²) >= 11 is 0. The first kappa shape index (κ1) is 9.25. The molecule has 0 saturated carbocycles. The maximum absolute atomic E-state index is 11.2. The molecular weight excluding hydrogens is 168 g/mol. The SMILES string of the molecule is CC(=O)NNc1cccccc1=O. The van der Waals surface area contributed by atoms with Crippen molar-refractivity contribution in [3.05, 3.63) is 40.6 Å². The van der Waals surface area contributed by atoms with E-state index in [1.54, 1.807) is 24.3 Å². The fourth-order valence-corrected chi connectivity index (χ4v) is 0.789. The van der Waals surface area contributed by atoms with E-state index in [0.29, 0.717) is 5.69 Å². The van der Waals surface area contributed by atoms with Gasteiger partial charge in [0.15, 0.2) is 0 Å². The highest BCUT2D eigenvalue weighted by Gasteiger charge is 1.94. The number of hydrogen-bond acceptors (Lipinski definition) is 3. The fourth-order valence-electron chi connectivity index (χ4n) is 0.789. The first-order chi connectivity index (χ1) is 6.20. The lowest BCUT2D eigenvalue weighted by atomic mass is 10.4. The van der Waals surface area contributed by atoms with Gasteiger partial charge in [-0.2, -0.15) is 0 Å². The zero-order chi connectivity index (χ0) is 9.68. The zero-order valence-corrected chi connectivity index (χ0v) is 7.20. The summed E-state index contributed by atoms with van der Waals surface area (Å²) in [4.78, 5) is 21.7. The summed E-state index contributed by atoms with van der Waals surface area (Å²) in [5.74, 6) is -0.245. The first-order valence-corrected chi connectivity index (χ1v) is 3.82. The average molecular weight is 178 g/mol. The van der Waals surface area contributed by atoms with Crippen LogP contribution in [0.2, 0.25) is 0 Å². The molecule has 0 spiro atoms. The van der Waals surface area contributed by atoms with Crippen LogP contribution in [0.4, 0.5) is 5.69 Å². The Hall–Kier alpha value is -1.84. The highest BCUT2D eigenvalue weighted by molar-refractivity contribution is 5.74. The van der Waals surface area contributed by atoms with Crippen molar-refractivity contribution in [1.29, 1.82) is 0 Å². The Kier molecular flexibility index (Phi) is 3.03. The second kappa shape index (κ2) is 4.25. The smallest absolute Gasteiger partial charge is 0.235 e. The lowest BCUT2D eigenvalue weighted by molar-refractivity contribution is -0.118. The molecule has 0 radical (unpaired) electrons. The molecule has 0 aliphatic carbocycles. The summed E-state index contributed by atoms with van der Waals surface area (Å²) in [6.45, 7) is 1.36. The standard InChI is InChI=1S/C9H10N2O2/c1-7(12)10-11-8-5-3-2-4-6-9(8)13/h2-6H,1H3,(H,10,12)(H,11,13). The predicted molar refractivity (Wildman–Crippen MR) is 50.2 cm³/mol. The minimum Gasteiger partial charge on any atom is -0.295 e. The number of carbonyl (C=O) groups is 1. The second-order valence-corrected chi connectivity index (χ2v) is 2.49. The third-order valence-corrected chi connectivity index (χ3v) is 1.37. The van der Waals surface area contributed by atoms with Gasteiger partial charge < -0.3 is 0 Å². The quantitative estimate of drug-likeness (QED) is 0.649. The van der Waals surface area contributed by atoms with E-state index in [-0.39, 0.29) is 11.3 Å². The van der Waals surface area contributed by atoms with E-state index in [1.165, 1.54) is 13.0 Å². The number of rotatable bonds is 2. The van der Waals surface area contributed by atoms with Crippen LogP contribution in [-0.2, 0) is 4.79 Å². The molecular formula is C9H10N2O2. The summed E-state index contributed by atoms with van der Waals surface area (Å²) in [7, 11) is 0. The van der Waals surface area contributed by atoms with Gasteiger partial charge in [0.1, 0.15) is 5.69 Å². The number of carbonyl (C=O) groups excluding carboxylic acids is 1. The lowest BCUT2D eigenvalue weighted by Crippen LogP contribution is -2.28. The van der Waals surface area contributed by atoms with Crippen molar-refractivity contribution >= 4 is 11.6 Å². The predicted octanol–water partition coefficient (Wildman–Crippen LogP) is 0.510. The van der Waals surface area contributed by atoms with Gasteiger partial charge in [-0.05, 0) is 12.1 Å². The van der Waals surface area contributed by atoms with E-state index in [9.17, 15) is 9.59 Å². The van der Waals surface area contributed by atoms with Crippen molar-refractivity contribution in [2.45, 2.75) is 6.92 Å². The first-order valence-electron chi connectivity index (χ1n) is 3.82. The normalized spacial score (nSPS) is 9.00. The van der Waals surface area contributed by atoms with Crippen molar-refractivity contribution in [3.8, 4) is 0 Å². The minimum atomic E-state index is -0.245. The van der Waals surface area contributed by atoms with Crippen molar-refractivity contribution in [3.63, 3.8) is 0 Å². The van der Waals surface area contributed by atoms with Crippen molar-refractivity contribution < 1.29 is 4.79 Å².